The van der Waals surface area contributed by atoms with Crippen molar-refractivity contribution < 1.29 is 10.2 Å². The summed E-state index contributed by atoms with van der Waals surface area (Å²) in [7, 11) is 0. The average Bonchev–Trinajstić information content (AvgIpc) is 1.88. The number of β-amino-alcohol motifs (C(OH)–C–C–N with tert-alkyl or cyclic N) is 1. The zero-order valence-electron chi connectivity index (χ0n) is 6.30. The summed E-state index contributed by atoms with van der Waals surface area (Å²) in [5.41, 5.74) is -0.564. The van der Waals surface area contributed by atoms with Crippen LogP contribution >= 0.6 is 0 Å². The summed E-state index contributed by atoms with van der Waals surface area (Å²) in [6.07, 6.45) is 1.65. The van der Waals surface area contributed by atoms with E-state index in [1.54, 1.807) is 0 Å². The van der Waals surface area contributed by atoms with Crippen LogP contribution in [0.3, 0.4) is 0 Å². The quantitative estimate of drug-likeness (QED) is 0.465. The van der Waals surface area contributed by atoms with E-state index in [9.17, 15) is 5.11 Å². The molecule has 1 aliphatic rings. The molecule has 0 aliphatic carbocycles. The van der Waals surface area contributed by atoms with Crippen LogP contribution in [0.2, 0.25) is 0 Å². The smallest absolute Gasteiger partial charge is 0.0744 e. The maximum atomic E-state index is 9.44. The fraction of sp³-hybridized carbons (Fsp3) is 1.00. The third-order valence-electron chi connectivity index (χ3n) is 2.02. The van der Waals surface area contributed by atoms with Crippen LogP contribution in [0.4, 0.5) is 0 Å². The molecule has 3 N–H and O–H groups in total. The van der Waals surface area contributed by atoms with Crippen LogP contribution in [0.5, 0.6) is 0 Å². The first-order chi connectivity index (χ1) is 4.64. The van der Waals surface area contributed by atoms with E-state index >= 15 is 0 Å². The normalized spacial score (nSPS) is 41.7. The van der Waals surface area contributed by atoms with Gasteiger partial charge in [-0.1, -0.05) is 0 Å². The predicted octanol–water partition coefficient (Wildman–Crippen LogP) is -0.518. The molecule has 2 unspecified atom stereocenters. The summed E-state index contributed by atoms with van der Waals surface area (Å²) < 4.78 is 0. The second kappa shape index (κ2) is 2.86. The van der Waals surface area contributed by atoms with Gasteiger partial charge in [0.05, 0.1) is 12.2 Å². The summed E-state index contributed by atoms with van der Waals surface area (Å²) in [5.74, 6) is 0. The van der Waals surface area contributed by atoms with E-state index in [0.29, 0.717) is 6.54 Å². The molecule has 60 valence electrons. The lowest BCUT2D eigenvalue weighted by Crippen LogP contribution is -2.49. The van der Waals surface area contributed by atoms with E-state index in [1.165, 1.54) is 0 Å². The number of piperidine rings is 1. The van der Waals surface area contributed by atoms with Crippen molar-refractivity contribution in [2.24, 2.45) is 0 Å². The fourth-order valence-electron chi connectivity index (χ4n) is 1.20. The van der Waals surface area contributed by atoms with Gasteiger partial charge in [0, 0.05) is 12.6 Å². The van der Waals surface area contributed by atoms with Gasteiger partial charge in [0.15, 0.2) is 0 Å². The third kappa shape index (κ3) is 1.94. The van der Waals surface area contributed by atoms with Crippen LogP contribution in [0.1, 0.15) is 19.8 Å². The van der Waals surface area contributed by atoms with Gasteiger partial charge >= 0.3 is 0 Å². The van der Waals surface area contributed by atoms with Crippen molar-refractivity contribution in [3.05, 3.63) is 0 Å². The Balaban J connectivity index is 2.31. The van der Waals surface area contributed by atoms with Gasteiger partial charge in [0.1, 0.15) is 0 Å². The maximum Gasteiger partial charge on any atom is 0.0744 e. The van der Waals surface area contributed by atoms with Gasteiger partial charge in [0.25, 0.3) is 0 Å². The highest BCUT2D eigenvalue weighted by molar-refractivity contribution is 4.85. The summed E-state index contributed by atoms with van der Waals surface area (Å²) >= 11 is 0. The van der Waals surface area contributed by atoms with E-state index in [2.05, 4.69) is 5.32 Å². The van der Waals surface area contributed by atoms with Crippen LogP contribution in [-0.2, 0) is 0 Å². The molecule has 0 aromatic rings. The Morgan fingerprint density at radius 1 is 1.70 bits per heavy atom. The lowest BCUT2D eigenvalue weighted by Gasteiger charge is -2.33. The number of aliphatic hydroxyl groups excluding tert-OH is 1. The van der Waals surface area contributed by atoms with E-state index < -0.39 is 5.60 Å². The fourth-order valence-corrected chi connectivity index (χ4v) is 1.20. The molecule has 2 atom stereocenters. The van der Waals surface area contributed by atoms with E-state index in [0.717, 1.165) is 12.8 Å². The van der Waals surface area contributed by atoms with Crippen molar-refractivity contribution in [1.29, 1.82) is 0 Å². The topological polar surface area (TPSA) is 52.5 Å². The minimum atomic E-state index is -0.564. The molecule has 1 fully saturated rings. The number of nitrogens with one attached hydrogen (secondary N) is 1. The molecule has 10 heavy (non-hydrogen) atoms. The molecule has 1 heterocycles. The van der Waals surface area contributed by atoms with Gasteiger partial charge in [-0.05, 0) is 19.8 Å². The molecule has 0 spiro atoms. The first kappa shape index (κ1) is 7.98. The number of hydrogen-bond acceptors (Lipinski definition) is 3. The largest absolute Gasteiger partial charge is 0.395 e. The Morgan fingerprint density at radius 2 is 2.40 bits per heavy atom. The number of hydrogen-bond donors (Lipinski definition) is 3. The highest BCUT2D eigenvalue weighted by atomic mass is 16.3. The molecule has 0 radical (unpaired) electrons. The standard InChI is InChI=1S/C7H15NO2/c1-7(10)3-2-6(4-9)8-5-7/h6,8-10H,2-5H2,1H3. The second-order valence-electron chi connectivity index (χ2n) is 3.30. The monoisotopic (exact) mass is 145 g/mol. The summed E-state index contributed by atoms with van der Waals surface area (Å²) in [6, 6.07) is 0.195. The van der Waals surface area contributed by atoms with Gasteiger partial charge in [-0.15, -0.1) is 0 Å². The highest BCUT2D eigenvalue weighted by Crippen LogP contribution is 2.17. The zero-order valence-corrected chi connectivity index (χ0v) is 6.30. The Kier molecular flexibility index (Phi) is 2.28. The van der Waals surface area contributed by atoms with Crippen molar-refractivity contribution >= 4 is 0 Å². The molecule has 0 amide bonds. The Bertz CT molecular complexity index is 104. The summed E-state index contributed by atoms with van der Waals surface area (Å²) in [6.45, 7) is 2.59. The number of aliphatic hydroxyl groups is 2. The lowest BCUT2D eigenvalue weighted by atomic mass is 9.93. The van der Waals surface area contributed by atoms with Crippen LogP contribution in [0.25, 0.3) is 0 Å². The van der Waals surface area contributed by atoms with Crippen molar-refractivity contribution in [3.8, 4) is 0 Å². The van der Waals surface area contributed by atoms with E-state index in [1.807, 2.05) is 6.92 Å². The summed E-state index contributed by atoms with van der Waals surface area (Å²) in [5, 5.41) is 21.2. The number of rotatable bonds is 1. The molecule has 0 aromatic heterocycles. The molecule has 1 rings (SSSR count). The minimum Gasteiger partial charge on any atom is -0.395 e. The van der Waals surface area contributed by atoms with Crippen molar-refractivity contribution in [2.45, 2.75) is 31.4 Å². The Labute approximate surface area is 61.1 Å². The molecule has 0 bridgehead atoms. The van der Waals surface area contributed by atoms with Crippen molar-refractivity contribution in [3.63, 3.8) is 0 Å². The van der Waals surface area contributed by atoms with Gasteiger partial charge in [-0.2, -0.15) is 0 Å². The molecule has 0 aromatic carbocycles. The van der Waals surface area contributed by atoms with Crippen LogP contribution in [0.15, 0.2) is 0 Å². The molecular weight excluding hydrogens is 130 g/mol. The SMILES string of the molecule is CC1(O)CCC(CO)NC1. The van der Waals surface area contributed by atoms with Crippen LogP contribution < -0.4 is 5.32 Å². The van der Waals surface area contributed by atoms with Gasteiger partial charge < -0.3 is 15.5 Å². The Morgan fingerprint density at radius 3 is 2.80 bits per heavy atom. The minimum absolute atomic E-state index is 0.177. The third-order valence-corrected chi connectivity index (χ3v) is 2.02. The first-order valence-corrected chi connectivity index (χ1v) is 3.71. The van der Waals surface area contributed by atoms with Crippen LogP contribution in [-0.4, -0.2) is 35.0 Å². The van der Waals surface area contributed by atoms with Gasteiger partial charge in [-0.3, -0.25) is 0 Å². The highest BCUT2D eigenvalue weighted by Gasteiger charge is 2.27. The van der Waals surface area contributed by atoms with Crippen molar-refractivity contribution in [2.75, 3.05) is 13.2 Å². The molecule has 3 nitrogen and oxygen atoms in total. The molecule has 1 saturated heterocycles. The summed E-state index contributed by atoms with van der Waals surface area (Å²) in [4.78, 5) is 0. The molecular formula is C7H15NO2. The predicted molar refractivity (Wildman–Crippen MR) is 38.7 cm³/mol. The molecule has 1 aliphatic heterocycles. The second-order valence-corrected chi connectivity index (χ2v) is 3.30. The van der Waals surface area contributed by atoms with E-state index in [-0.39, 0.29) is 12.6 Å². The maximum absolute atomic E-state index is 9.44. The molecule has 3 heteroatoms. The van der Waals surface area contributed by atoms with Gasteiger partial charge in [0.2, 0.25) is 0 Å². The molecule has 0 saturated carbocycles. The zero-order chi connectivity index (χ0) is 7.61. The lowest BCUT2D eigenvalue weighted by molar-refractivity contribution is 0.0172. The van der Waals surface area contributed by atoms with E-state index in [4.69, 9.17) is 5.11 Å². The first-order valence-electron chi connectivity index (χ1n) is 3.71. The van der Waals surface area contributed by atoms with Crippen LogP contribution in [0, 0.1) is 0 Å². The Hall–Kier alpha value is -0.120. The average molecular weight is 145 g/mol. The van der Waals surface area contributed by atoms with Gasteiger partial charge in [-0.25, -0.2) is 0 Å². The van der Waals surface area contributed by atoms with Crippen molar-refractivity contribution in [1.82, 2.24) is 5.32 Å².